The van der Waals surface area contributed by atoms with Crippen molar-refractivity contribution < 1.29 is 9.53 Å². The topological polar surface area (TPSA) is 44.8 Å². The average Bonchev–Trinajstić information content (AvgIpc) is 2.40. The van der Waals surface area contributed by atoms with Crippen molar-refractivity contribution in [3.8, 4) is 0 Å². The van der Waals surface area contributed by atoms with Gasteiger partial charge >= 0.3 is 6.03 Å². The summed E-state index contributed by atoms with van der Waals surface area (Å²) < 4.78 is 5.33. The number of ether oxygens (including phenoxy) is 1. The first-order valence-corrected chi connectivity index (χ1v) is 7.50. The highest BCUT2D eigenvalue weighted by Crippen LogP contribution is 2.15. The first-order valence-electron chi connectivity index (χ1n) is 7.50. The van der Waals surface area contributed by atoms with Crippen molar-refractivity contribution in [1.82, 2.24) is 15.1 Å². The van der Waals surface area contributed by atoms with Crippen molar-refractivity contribution in [2.24, 2.45) is 5.92 Å². The Morgan fingerprint density at radius 2 is 1.89 bits per heavy atom. The minimum atomic E-state index is 0.104. The zero-order valence-electron chi connectivity index (χ0n) is 12.2. The van der Waals surface area contributed by atoms with Crippen molar-refractivity contribution in [3.05, 3.63) is 0 Å². The van der Waals surface area contributed by atoms with Crippen LogP contribution in [0.2, 0.25) is 0 Å². The molecule has 5 heteroatoms. The summed E-state index contributed by atoms with van der Waals surface area (Å²) in [5.74, 6) is 0.759. The van der Waals surface area contributed by atoms with Crippen LogP contribution in [-0.2, 0) is 4.74 Å². The maximum absolute atomic E-state index is 12.1. The second kappa shape index (κ2) is 7.10. The third kappa shape index (κ3) is 4.66. The summed E-state index contributed by atoms with van der Waals surface area (Å²) in [6.45, 7) is 10.6. The van der Waals surface area contributed by atoms with Gasteiger partial charge in [-0.15, -0.1) is 0 Å². The van der Waals surface area contributed by atoms with Crippen LogP contribution < -0.4 is 5.32 Å². The third-order valence-electron chi connectivity index (χ3n) is 4.08. The number of urea groups is 1. The number of hydrogen-bond donors (Lipinski definition) is 1. The molecule has 2 fully saturated rings. The number of carbonyl (C=O) groups excluding carboxylic acids is 1. The molecule has 0 bridgehead atoms. The highest BCUT2D eigenvalue weighted by atomic mass is 16.5. The van der Waals surface area contributed by atoms with Gasteiger partial charge in [0.05, 0.1) is 13.2 Å². The van der Waals surface area contributed by atoms with Crippen molar-refractivity contribution in [2.45, 2.75) is 32.7 Å². The van der Waals surface area contributed by atoms with Crippen LogP contribution in [0.3, 0.4) is 0 Å². The first-order chi connectivity index (χ1) is 9.15. The molecule has 1 unspecified atom stereocenters. The normalized spacial score (nSPS) is 24.2. The van der Waals surface area contributed by atoms with Crippen molar-refractivity contribution >= 4 is 6.03 Å². The fourth-order valence-corrected chi connectivity index (χ4v) is 2.73. The molecule has 2 aliphatic rings. The van der Waals surface area contributed by atoms with Gasteiger partial charge in [-0.2, -0.15) is 0 Å². The minimum Gasteiger partial charge on any atom is -0.379 e. The SMILES string of the molecule is CC1CCN(C(=O)NC(C)CN2CCOCC2)CC1. The van der Waals surface area contributed by atoms with E-state index in [1.165, 1.54) is 0 Å². The number of piperidine rings is 1. The predicted octanol–water partition coefficient (Wildman–Crippen LogP) is 1.15. The quantitative estimate of drug-likeness (QED) is 0.836. The number of amides is 2. The molecule has 0 saturated carbocycles. The van der Waals surface area contributed by atoms with Crippen LogP contribution in [0, 0.1) is 5.92 Å². The van der Waals surface area contributed by atoms with Gasteiger partial charge in [0.1, 0.15) is 0 Å². The van der Waals surface area contributed by atoms with Gasteiger partial charge in [-0.3, -0.25) is 4.90 Å². The van der Waals surface area contributed by atoms with Crippen molar-refractivity contribution in [1.29, 1.82) is 0 Å². The lowest BCUT2D eigenvalue weighted by Crippen LogP contribution is -2.51. The Balaban J connectivity index is 1.69. The molecule has 0 aliphatic carbocycles. The van der Waals surface area contributed by atoms with Crippen LogP contribution in [0.1, 0.15) is 26.7 Å². The summed E-state index contributed by atoms with van der Waals surface area (Å²) in [5.41, 5.74) is 0. The molecule has 0 aromatic carbocycles. The number of hydrogen-bond acceptors (Lipinski definition) is 3. The number of rotatable bonds is 3. The van der Waals surface area contributed by atoms with Gasteiger partial charge in [-0.25, -0.2) is 4.79 Å². The molecule has 1 atom stereocenters. The van der Waals surface area contributed by atoms with E-state index in [9.17, 15) is 4.79 Å². The van der Waals surface area contributed by atoms with Crippen molar-refractivity contribution in [3.63, 3.8) is 0 Å². The summed E-state index contributed by atoms with van der Waals surface area (Å²) in [5, 5.41) is 3.12. The number of nitrogens with zero attached hydrogens (tertiary/aromatic N) is 2. The Hall–Kier alpha value is -0.810. The number of carbonyl (C=O) groups is 1. The fraction of sp³-hybridized carbons (Fsp3) is 0.929. The van der Waals surface area contributed by atoms with E-state index in [1.807, 2.05) is 4.90 Å². The zero-order chi connectivity index (χ0) is 13.7. The Kier molecular flexibility index (Phi) is 5.45. The van der Waals surface area contributed by atoms with Crippen LogP contribution in [0.5, 0.6) is 0 Å². The highest BCUT2D eigenvalue weighted by Gasteiger charge is 2.22. The molecular weight excluding hydrogens is 242 g/mol. The van der Waals surface area contributed by atoms with Crippen LogP contribution in [-0.4, -0.2) is 67.8 Å². The Morgan fingerprint density at radius 3 is 2.53 bits per heavy atom. The minimum absolute atomic E-state index is 0.104. The largest absolute Gasteiger partial charge is 0.379 e. The van der Waals surface area contributed by atoms with E-state index >= 15 is 0 Å². The molecule has 19 heavy (non-hydrogen) atoms. The second-order valence-corrected chi connectivity index (χ2v) is 5.93. The maximum Gasteiger partial charge on any atom is 0.317 e. The summed E-state index contributed by atoms with van der Waals surface area (Å²) in [4.78, 5) is 16.4. The third-order valence-corrected chi connectivity index (χ3v) is 4.08. The predicted molar refractivity (Wildman–Crippen MR) is 75.2 cm³/mol. The van der Waals surface area contributed by atoms with E-state index < -0.39 is 0 Å². The monoisotopic (exact) mass is 269 g/mol. The maximum atomic E-state index is 12.1. The standard InChI is InChI=1S/C14H27N3O2/c1-12-3-5-17(6-4-12)14(18)15-13(2)11-16-7-9-19-10-8-16/h12-13H,3-11H2,1-2H3,(H,15,18). The van der Waals surface area contributed by atoms with E-state index in [2.05, 4.69) is 24.1 Å². The first kappa shape index (κ1) is 14.6. The van der Waals surface area contributed by atoms with Crippen LogP contribution in [0.4, 0.5) is 4.79 Å². The molecule has 2 amide bonds. The molecule has 2 rings (SSSR count). The molecule has 5 nitrogen and oxygen atoms in total. The number of nitrogens with one attached hydrogen (secondary N) is 1. The summed E-state index contributed by atoms with van der Waals surface area (Å²) in [7, 11) is 0. The lowest BCUT2D eigenvalue weighted by molar-refractivity contribution is 0.0345. The van der Waals surface area contributed by atoms with E-state index in [0.717, 1.165) is 64.7 Å². The van der Waals surface area contributed by atoms with Gasteiger partial charge in [0.2, 0.25) is 0 Å². The Labute approximate surface area is 116 Å². The second-order valence-electron chi connectivity index (χ2n) is 5.93. The lowest BCUT2D eigenvalue weighted by Gasteiger charge is -2.33. The molecule has 0 aromatic heterocycles. The molecule has 0 radical (unpaired) electrons. The van der Waals surface area contributed by atoms with Gasteiger partial charge in [0, 0.05) is 38.8 Å². The van der Waals surface area contributed by atoms with Crippen LogP contribution in [0.15, 0.2) is 0 Å². The number of likely N-dealkylation sites (tertiary alicyclic amines) is 1. The van der Waals surface area contributed by atoms with E-state index in [-0.39, 0.29) is 12.1 Å². The fourth-order valence-electron chi connectivity index (χ4n) is 2.73. The molecule has 1 N–H and O–H groups in total. The molecule has 0 aromatic rings. The Bertz CT molecular complexity index is 284. The van der Waals surface area contributed by atoms with E-state index in [1.54, 1.807) is 0 Å². The highest BCUT2D eigenvalue weighted by molar-refractivity contribution is 5.74. The van der Waals surface area contributed by atoms with Crippen LogP contribution in [0.25, 0.3) is 0 Å². The average molecular weight is 269 g/mol. The zero-order valence-corrected chi connectivity index (χ0v) is 12.2. The van der Waals surface area contributed by atoms with Crippen LogP contribution >= 0.6 is 0 Å². The van der Waals surface area contributed by atoms with Gasteiger partial charge in [-0.1, -0.05) is 6.92 Å². The smallest absolute Gasteiger partial charge is 0.317 e. The molecule has 2 saturated heterocycles. The molecule has 0 spiro atoms. The van der Waals surface area contributed by atoms with Gasteiger partial charge in [-0.05, 0) is 25.7 Å². The van der Waals surface area contributed by atoms with E-state index in [0.29, 0.717) is 0 Å². The molecule has 2 aliphatic heterocycles. The lowest BCUT2D eigenvalue weighted by atomic mass is 10.00. The Morgan fingerprint density at radius 1 is 1.26 bits per heavy atom. The molecule has 110 valence electrons. The van der Waals surface area contributed by atoms with E-state index in [4.69, 9.17) is 4.74 Å². The van der Waals surface area contributed by atoms with Crippen molar-refractivity contribution in [2.75, 3.05) is 45.9 Å². The number of morpholine rings is 1. The van der Waals surface area contributed by atoms with Gasteiger partial charge < -0.3 is 15.0 Å². The van der Waals surface area contributed by atoms with Gasteiger partial charge in [0.15, 0.2) is 0 Å². The summed E-state index contributed by atoms with van der Waals surface area (Å²) >= 11 is 0. The summed E-state index contributed by atoms with van der Waals surface area (Å²) in [6.07, 6.45) is 2.26. The molecule has 2 heterocycles. The molecular formula is C14H27N3O2. The van der Waals surface area contributed by atoms with Gasteiger partial charge in [0.25, 0.3) is 0 Å². The summed E-state index contributed by atoms with van der Waals surface area (Å²) in [6, 6.07) is 0.303.